The Bertz CT molecular complexity index is 330. The summed E-state index contributed by atoms with van der Waals surface area (Å²) >= 11 is 0. The van der Waals surface area contributed by atoms with Gasteiger partial charge in [0.1, 0.15) is 0 Å². The van der Waals surface area contributed by atoms with E-state index >= 15 is 0 Å². The second-order valence-electron chi connectivity index (χ2n) is 3.72. The lowest BCUT2D eigenvalue weighted by atomic mass is 10.3. The summed E-state index contributed by atoms with van der Waals surface area (Å²) in [5.41, 5.74) is 0. The summed E-state index contributed by atoms with van der Waals surface area (Å²) in [7, 11) is -3.96. The van der Waals surface area contributed by atoms with E-state index in [0.717, 1.165) is 0 Å². The van der Waals surface area contributed by atoms with Crippen molar-refractivity contribution in [3.05, 3.63) is 0 Å². The van der Waals surface area contributed by atoms with E-state index in [1.54, 1.807) is 0 Å². The maximum atomic E-state index is 10.4. The Morgan fingerprint density at radius 2 is 2.06 bits per heavy atom. The molecule has 0 aromatic rings. The van der Waals surface area contributed by atoms with E-state index in [0.29, 0.717) is 0 Å². The van der Waals surface area contributed by atoms with E-state index in [9.17, 15) is 18.3 Å². The molecule has 0 amide bonds. The first-order valence-corrected chi connectivity index (χ1v) is 7.05. The third kappa shape index (κ3) is 13.3. The number of rotatable bonds is 11. The fourth-order valence-corrected chi connectivity index (χ4v) is 1.57. The number of aliphatic carboxylic acids is 1. The number of hydrogen-bond donors (Lipinski definition) is 4. The van der Waals surface area contributed by atoms with Gasteiger partial charge in [-0.05, 0) is 6.42 Å². The zero-order valence-corrected chi connectivity index (χ0v) is 10.7. The van der Waals surface area contributed by atoms with E-state index in [1.807, 2.05) is 0 Å². The minimum atomic E-state index is -3.96. The van der Waals surface area contributed by atoms with Crippen molar-refractivity contribution >= 4 is 16.1 Å². The van der Waals surface area contributed by atoms with E-state index in [-0.39, 0.29) is 44.9 Å². The van der Waals surface area contributed by atoms with E-state index in [1.165, 1.54) is 0 Å². The summed E-state index contributed by atoms with van der Waals surface area (Å²) in [6, 6.07) is 0. The lowest BCUT2D eigenvalue weighted by molar-refractivity contribution is -0.136. The quantitative estimate of drug-likeness (QED) is 0.272. The highest BCUT2D eigenvalue weighted by Gasteiger charge is 2.06. The third-order valence-electron chi connectivity index (χ3n) is 1.90. The van der Waals surface area contributed by atoms with Gasteiger partial charge in [-0.1, -0.05) is 0 Å². The van der Waals surface area contributed by atoms with Crippen LogP contribution >= 0.6 is 0 Å². The van der Waals surface area contributed by atoms with Gasteiger partial charge in [-0.15, -0.1) is 0 Å². The molecule has 0 fully saturated rings. The molecule has 0 aliphatic heterocycles. The molecule has 18 heavy (non-hydrogen) atoms. The Balaban J connectivity index is 3.37. The van der Waals surface area contributed by atoms with Crippen LogP contribution in [0.3, 0.4) is 0 Å². The Labute approximate surface area is 106 Å². The molecule has 8 nitrogen and oxygen atoms in total. The van der Waals surface area contributed by atoms with Gasteiger partial charge < -0.3 is 20.3 Å². The fourth-order valence-electron chi connectivity index (χ4n) is 1.09. The molecule has 0 bridgehead atoms. The molecule has 0 aliphatic rings. The van der Waals surface area contributed by atoms with Crippen LogP contribution in [0.2, 0.25) is 0 Å². The number of nitrogens with one attached hydrogen (secondary N) is 1. The van der Waals surface area contributed by atoms with Gasteiger partial charge in [0.25, 0.3) is 10.1 Å². The first-order chi connectivity index (χ1) is 8.31. The van der Waals surface area contributed by atoms with Gasteiger partial charge in [-0.3, -0.25) is 9.35 Å². The van der Waals surface area contributed by atoms with Gasteiger partial charge in [0.15, 0.2) is 0 Å². The first kappa shape index (κ1) is 17.3. The largest absolute Gasteiger partial charge is 0.481 e. The Morgan fingerprint density at radius 1 is 1.39 bits per heavy atom. The topological polar surface area (TPSA) is 133 Å². The van der Waals surface area contributed by atoms with Crippen LogP contribution in [0.1, 0.15) is 12.8 Å². The molecule has 4 N–H and O–H groups in total. The molecule has 0 rings (SSSR count). The molecule has 0 radical (unpaired) electrons. The Kier molecular flexibility index (Phi) is 8.85. The maximum Gasteiger partial charge on any atom is 0.304 e. The molecule has 0 heterocycles. The van der Waals surface area contributed by atoms with Crippen molar-refractivity contribution in [3.8, 4) is 0 Å². The number of carboxylic acid groups (broad SMARTS) is 1. The number of carbonyl (C=O) groups is 1. The van der Waals surface area contributed by atoms with Gasteiger partial charge in [0.2, 0.25) is 0 Å². The van der Waals surface area contributed by atoms with Crippen LogP contribution in [0.4, 0.5) is 0 Å². The second kappa shape index (κ2) is 9.22. The molecule has 0 spiro atoms. The van der Waals surface area contributed by atoms with Crippen LogP contribution in [-0.2, 0) is 19.6 Å². The average molecular weight is 285 g/mol. The molecule has 108 valence electrons. The van der Waals surface area contributed by atoms with Crippen molar-refractivity contribution in [1.82, 2.24) is 5.32 Å². The van der Waals surface area contributed by atoms with Crippen molar-refractivity contribution in [2.24, 2.45) is 0 Å². The highest BCUT2D eigenvalue weighted by atomic mass is 32.2. The van der Waals surface area contributed by atoms with Gasteiger partial charge in [-0.25, -0.2) is 0 Å². The summed E-state index contributed by atoms with van der Waals surface area (Å²) in [6.07, 6.45) is -0.663. The summed E-state index contributed by atoms with van der Waals surface area (Å²) in [5.74, 6) is -1.29. The summed E-state index contributed by atoms with van der Waals surface area (Å²) in [6.45, 7) is 0.595. The summed E-state index contributed by atoms with van der Waals surface area (Å²) in [4.78, 5) is 10.2. The standard InChI is InChI=1S/C9H19NO7S/c11-8(6-10-3-2-9(12)13)7-17-4-1-5-18(14,15)16/h8,10-11H,1-7H2,(H,12,13)(H,14,15,16). The van der Waals surface area contributed by atoms with Crippen molar-refractivity contribution in [2.45, 2.75) is 18.9 Å². The van der Waals surface area contributed by atoms with Gasteiger partial charge in [0, 0.05) is 19.7 Å². The van der Waals surface area contributed by atoms with Crippen LogP contribution in [0, 0.1) is 0 Å². The first-order valence-electron chi connectivity index (χ1n) is 5.45. The number of ether oxygens (including phenoxy) is 1. The number of aliphatic hydroxyl groups is 1. The highest BCUT2D eigenvalue weighted by molar-refractivity contribution is 7.85. The van der Waals surface area contributed by atoms with Gasteiger partial charge in [0.05, 0.1) is 24.9 Å². The molecule has 0 saturated heterocycles. The average Bonchev–Trinajstić information content (AvgIpc) is 2.22. The normalized spacial score (nSPS) is 13.4. The Hall–Kier alpha value is -0.740. The molecule has 1 atom stereocenters. The predicted octanol–water partition coefficient (Wildman–Crippen LogP) is -1.29. The number of hydrogen-bond acceptors (Lipinski definition) is 6. The molecular weight excluding hydrogens is 266 g/mol. The molecule has 0 aromatic carbocycles. The maximum absolute atomic E-state index is 10.4. The lowest BCUT2D eigenvalue weighted by Crippen LogP contribution is -2.31. The lowest BCUT2D eigenvalue weighted by Gasteiger charge is -2.11. The molecule has 0 aliphatic carbocycles. The van der Waals surface area contributed by atoms with Crippen molar-refractivity contribution < 1.29 is 32.7 Å². The summed E-state index contributed by atoms with van der Waals surface area (Å²) in [5, 5.41) is 20.5. The van der Waals surface area contributed by atoms with E-state index in [2.05, 4.69) is 5.32 Å². The fraction of sp³-hybridized carbons (Fsp3) is 0.889. The van der Waals surface area contributed by atoms with Crippen molar-refractivity contribution in [2.75, 3.05) is 32.1 Å². The minimum absolute atomic E-state index is 0.0194. The Morgan fingerprint density at radius 3 is 2.61 bits per heavy atom. The monoisotopic (exact) mass is 285 g/mol. The third-order valence-corrected chi connectivity index (χ3v) is 2.70. The SMILES string of the molecule is O=C(O)CCNCC(O)COCCCS(=O)(=O)O. The molecule has 9 heteroatoms. The molecule has 0 aromatic heterocycles. The smallest absolute Gasteiger partial charge is 0.304 e. The summed E-state index contributed by atoms with van der Waals surface area (Å²) < 4.78 is 34.1. The van der Waals surface area contributed by atoms with Crippen molar-refractivity contribution in [1.29, 1.82) is 0 Å². The minimum Gasteiger partial charge on any atom is -0.481 e. The number of carboxylic acids is 1. The molecule has 1 unspecified atom stereocenters. The van der Waals surface area contributed by atoms with Crippen LogP contribution in [0.5, 0.6) is 0 Å². The van der Waals surface area contributed by atoms with Gasteiger partial charge >= 0.3 is 5.97 Å². The van der Waals surface area contributed by atoms with Crippen LogP contribution in [0.25, 0.3) is 0 Å². The molecular formula is C9H19NO7S. The second-order valence-corrected chi connectivity index (χ2v) is 5.29. The van der Waals surface area contributed by atoms with E-state index < -0.39 is 22.2 Å². The van der Waals surface area contributed by atoms with Crippen LogP contribution in [0.15, 0.2) is 0 Å². The number of aliphatic hydroxyl groups excluding tert-OH is 1. The molecule has 0 saturated carbocycles. The van der Waals surface area contributed by atoms with Crippen LogP contribution < -0.4 is 5.32 Å². The van der Waals surface area contributed by atoms with Crippen LogP contribution in [-0.4, -0.2) is 67.3 Å². The predicted molar refractivity (Wildman–Crippen MR) is 63.0 cm³/mol. The zero-order valence-electron chi connectivity index (χ0n) is 9.91. The zero-order chi connectivity index (χ0) is 14.0. The van der Waals surface area contributed by atoms with Gasteiger partial charge in [-0.2, -0.15) is 8.42 Å². The van der Waals surface area contributed by atoms with Crippen molar-refractivity contribution in [3.63, 3.8) is 0 Å². The highest BCUT2D eigenvalue weighted by Crippen LogP contribution is 1.91. The van der Waals surface area contributed by atoms with E-state index in [4.69, 9.17) is 14.4 Å².